The Bertz CT molecular complexity index is 385. The van der Waals surface area contributed by atoms with Crippen LogP contribution in [-0.4, -0.2) is 26.7 Å². The Balaban J connectivity index is 2.12. The van der Waals surface area contributed by atoms with Crippen LogP contribution in [0.5, 0.6) is 0 Å². The number of nitrogens with zero attached hydrogens (tertiary/aromatic N) is 1. The van der Waals surface area contributed by atoms with E-state index in [1.54, 1.807) is 0 Å². The van der Waals surface area contributed by atoms with Gasteiger partial charge in [-0.3, -0.25) is 0 Å². The number of benzene rings is 1. The van der Waals surface area contributed by atoms with E-state index in [-0.39, 0.29) is 0 Å². The largest absolute Gasteiger partial charge is 0.381 e. The van der Waals surface area contributed by atoms with Gasteiger partial charge in [0.05, 0.1) is 11.4 Å². The third-order valence-electron chi connectivity index (χ3n) is 3.17. The number of rotatable bonds is 3. The Labute approximate surface area is 104 Å². The van der Waals surface area contributed by atoms with Gasteiger partial charge < -0.3 is 15.5 Å². The Morgan fingerprint density at radius 2 is 2.06 bits per heavy atom. The zero-order chi connectivity index (χ0) is 12.4. The van der Waals surface area contributed by atoms with Crippen molar-refractivity contribution in [2.75, 3.05) is 36.2 Å². The van der Waals surface area contributed by atoms with Gasteiger partial charge in [-0.05, 0) is 30.5 Å². The van der Waals surface area contributed by atoms with Gasteiger partial charge >= 0.3 is 0 Å². The minimum Gasteiger partial charge on any atom is -0.381 e. The Hall–Kier alpha value is -1.38. The van der Waals surface area contributed by atoms with Crippen LogP contribution in [-0.2, 0) is 0 Å². The number of hydrogen-bond donors (Lipinski definition) is 2. The predicted molar refractivity (Wildman–Crippen MR) is 76.1 cm³/mol. The van der Waals surface area contributed by atoms with Crippen LogP contribution in [0, 0.1) is 5.92 Å². The fourth-order valence-corrected chi connectivity index (χ4v) is 2.30. The molecule has 0 unspecified atom stereocenters. The molecule has 17 heavy (non-hydrogen) atoms. The molecule has 0 radical (unpaired) electrons. The molecule has 0 aliphatic carbocycles. The van der Waals surface area contributed by atoms with E-state index in [1.165, 1.54) is 23.5 Å². The van der Waals surface area contributed by atoms with E-state index in [0.717, 1.165) is 12.5 Å². The fourth-order valence-electron chi connectivity index (χ4n) is 2.30. The number of anilines is 3. The molecule has 0 amide bonds. The predicted octanol–water partition coefficient (Wildman–Crippen LogP) is 3.00. The van der Waals surface area contributed by atoms with E-state index in [2.05, 4.69) is 61.7 Å². The zero-order valence-electron chi connectivity index (χ0n) is 11.2. The molecule has 0 saturated carbocycles. The maximum atomic E-state index is 3.61. The first-order valence-electron chi connectivity index (χ1n) is 6.38. The van der Waals surface area contributed by atoms with Gasteiger partial charge in [0, 0.05) is 32.4 Å². The van der Waals surface area contributed by atoms with Gasteiger partial charge in [-0.25, -0.2) is 0 Å². The van der Waals surface area contributed by atoms with Crippen LogP contribution in [0.3, 0.4) is 0 Å². The van der Waals surface area contributed by atoms with Crippen molar-refractivity contribution in [3.05, 3.63) is 18.2 Å². The molecule has 1 aliphatic rings. The van der Waals surface area contributed by atoms with Gasteiger partial charge in [-0.1, -0.05) is 13.8 Å². The molecule has 0 aromatic heterocycles. The molecule has 1 aromatic rings. The summed E-state index contributed by atoms with van der Waals surface area (Å²) < 4.78 is 0. The molecule has 94 valence electrons. The highest BCUT2D eigenvalue weighted by atomic mass is 15.1. The Morgan fingerprint density at radius 1 is 1.29 bits per heavy atom. The molecule has 0 bridgehead atoms. The first-order chi connectivity index (χ1) is 8.06. The second-order valence-corrected chi connectivity index (χ2v) is 5.48. The first kappa shape index (κ1) is 12.1. The van der Waals surface area contributed by atoms with Crippen LogP contribution in [0.15, 0.2) is 18.2 Å². The van der Waals surface area contributed by atoms with Crippen molar-refractivity contribution >= 4 is 17.1 Å². The van der Waals surface area contributed by atoms with Crippen molar-refractivity contribution in [1.82, 2.24) is 0 Å². The van der Waals surface area contributed by atoms with Crippen LogP contribution >= 0.6 is 0 Å². The second-order valence-electron chi connectivity index (χ2n) is 5.48. The molecule has 1 aliphatic heterocycles. The van der Waals surface area contributed by atoms with Gasteiger partial charge in [0.2, 0.25) is 0 Å². The summed E-state index contributed by atoms with van der Waals surface area (Å²) in [5.41, 5.74) is 3.68. The summed E-state index contributed by atoms with van der Waals surface area (Å²) in [5.74, 6) is 0.733. The van der Waals surface area contributed by atoms with E-state index >= 15 is 0 Å². The SMILES string of the molecule is CC(C)C[C@@H]1CNc2cc(N(C)C)ccc2N1. The normalized spacial score (nSPS) is 18.3. The molecule has 0 saturated heterocycles. The molecule has 3 heteroatoms. The summed E-state index contributed by atoms with van der Waals surface area (Å²) in [7, 11) is 4.14. The van der Waals surface area contributed by atoms with Crippen LogP contribution in [0.4, 0.5) is 17.1 Å². The highest BCUT2D eigenvalue weighted by molar-refractivity contribution is 5.76. The summed E-state index contributed by atoms with van der Waals surface area (Å²) in [6, 6.07) is 7.08. The lowest BCUT2D eigenvalue weighted by molar-refractivity contribution is 0.525. The molecule has 1 heterocycles. The van der Waals surface area contributed by atoms with Gasteiger partial charge in [-0.15, -0.1) is 0 Å². The van der Waals surface area contributed by atoms with Crippen molar-refractivity contribution in [2.45, 2.75) is 26.3 Å². The lowest BCUT2D eigenvalue weighted by atomic mass is 10.0. The summed E-state index contributed by atoms with van der Waals surface area (Å²) in [4.78, 5) is 2.13. The van der Waals surface area contributed by atoms with Crippen molar-refractivity contribution in [1.29, 1.82) is 0 Å². The Morgan fingerprint density at radius 3 is 2.71 bits per heavy atom. The lowest BCUT2D eigenvalue weighted by Gasteiger charge is -2.30. The highest BCUT2D eigenvalue weighted by Crippen LogP contribution is 2.31. The van der Waals surface area contributed by atoms with Gasteiger partial charge in [0.25, 0.3) is 0 Å². The lowest BCUT2D eigenvalue weighted by Crippen LogP contribution is -2.34. The summed E-state index contributed by atoms with van der Waals surface area (Å²) in [6.07, 6.45) is 1.21. The van der Waals surface area contributed by atoms with Crippen molar-refractivity contribution in [3.8, 4) is 0 Å². The molecular formula is C14H23N3. The maximum absolute atomic E-state index is 3.61. The van der Waals surface area contributed by atoms with Crippen LogP contribution in [0.1, 0.15) is 20.3 Å². The number of nitrogens with one attached hydrogen (secondary N) is 2. The first-order valence-corrected chi connectivity index (χ1v) is 6.38. The van der Waals surface area contributed by atoms with Crippen molar-refractivity contribution in [3.63, 3.8) is 0 Å². The highest BCUT2D eigenvalue weighted by Gasteiger charge is 2.18. The molecule has 0 spiro atoms. The third-order valence-corrected chi connectivity index (χ3v) is 3.17. The molecule has 1 aromatic carbocycles. The van der Waals surface area contributed by atoms with Crippen molar-refractivity contribution in [2.24, 2.45) is 5.92 Å². The number of hydrogen-bond acceptors (Lipinski definition) is 3. The standard InChI is InChI=1S/C14H23N3/c1-10(2)7-11-9-15-14-8-12(17(3)4)5-6-13(14)16-11/h5-6,8,10-11,15-16H,7,9H2,1-4H3/t11-/m1/s1. The smallest absolute Gasteiger partial charge is 0.0597 e. The van der Waals surface area contributed by atoms with Crippen LogP contribution in [0.25, 0.3) is 0 Å². The maximum Gasteiger partial charge on any atom is 0.0597 e. The summed E-state index contributed by atoms with van der Waals surface area (Å²) in [5, 5.41) is 7.14. The van der Waals surface area contributed by atoms with Gasteiger partial charge in [0.15, 0.2) is 0 Å². The van der Waals surface area contributed by atoms with Crippen molar-refractivity contribution < 1.29 is 0 Å². The quantitative estimate of drug-likeness (QED) is 0.840. The second kappa shape index (κ2) is 4.86. The van der Waals surface area contributed by atoms with Gasteiger partial charge in [-0.2, -0.15) is 0 Å². The summed E-state index contributed by atoms with van der Waals surface area (Å²) in [6.45, 7) is 5.56. The van der Waals surface area contributed by atoms with E-state index in [0.29, 0.717) is 6.04 Å². The monoisotopic (exact) mass is 233 g/mol. The average Bonchev–Trinajstić information content (AvgIpc) is 2.27. The van der Waals surface area contributed by atoms with Crippen LogP contribution in [0.2, 0.25) is 0 Å². The van der Waals surface area contributed by atoms with E-state index in [4.69, 9.17) is 0 Å². The molecular weight excluding hydrogens is 210 g/mol. The minimum atomic E-state index is 0.549. The zero-order valence-corrected chi connectivity index (χ0v) is 11.2. The van der Waals surface area contributed by atoms with Crippen LogP contribution < -0.4 is 15.5 Å². The third kappa shape index (κ3) is 2.84. The van der Waals surface area contributed by atoms with E-state index < -0.39 is 0 Å². The average molecular weight is 233 g/mol. The number of fused-ring (bicyclic) bond motifs is 1. The molecule has 1 atom stereocenters. The van der Waals surface area contributed by atoms with Gasteiger partial charge in [0.1, 0.15) is 0 Å². The molecule has 0 fully saturated rings. The van der Waals surface area contributed by atoms with E-state index in [9.17, 15) is 0 Å². The Kier molecular flexibility index (Phi) is 3.46. The molecule has 3 nitrogen and oxygen atoms in total. The topological polar surface area (TPSA) is 27.3 Å². The minimum absolute atomic E-state index is 0.549. The fraction of sp³-hybridized carbons (Fsp3) is 0.571. The molecule has 2 N–H and O–H groups in total. The molecule has 2 rings (SSSR count). The van der Waals surface area contributed by atoms with E-state index in [1.807, 2.05) is 0 Å². The summed E-state index contributed by atoms with van der Waals surface area (Å²) >= 11 is 0.